The number of anilines is 2. The highest BCUT2D eigenvalue weighted by Gasteiger charge is 2.33. The Hall–Kier alpha value is -2.15. The molecule has 2 aliphatic rings. The lowest BCUT2D eigenvalue weighted by Crippen LogP contribution is -2.37. The molecule has 144 valence electrons. The summed E-state index contributed by atoms with van der Waals surface area (Å²) >= 11 is 0. The van der Waals surface area contributed by atoms with Crippen LogP contribution in [0.3, 0.4) is 0 Å². The summed E-state index contributed by atoms with van der Waals surface area (Å²) < 4.78 is 24.0. The second-order valence-corrected chi connectivity index (χ2v) is 9.54. The number of sulfone groups is 1. The molecular formula is C20H26N4O2S. The highest BCUT2D eigenvalue weighted by Crippen LogP contribution is 2.29. The van der Waals surface area contributed by atoms with Crippen LogP contribution in [0.15, 0.2) is 36.4 Å². The van der Waals surface area contributed by atoms with Gasteiger partial charge in [0.05, 0.1) is 17.2 Å². The van der Waals surface area contributed by atoms with E-state index < -0.39 is 9.84 Å². The van der Waals surface area contributed by atoms with Gasteiger partial charge in [-0.2, -0.15) is 4.98 Å². The summed E-state index contributed by atoms with van der Waals surface area (Å²) in [6, 6.07) is 12.1. The standard InChI is InChI=1S/C20H26N4O2S/c1-2-24(17-10-13-27(25,26)15-17)19-14-18(16-8-4-3-5-9-16)21-20(22-19)23-11-6-7-12-23/h3-5,8-9,14,17H,2,6-7,10-13,15H2,1H3. The highest BCUT2D eigenvalue weighted by atomic mass is 32.2. The van der Waals surface area contributed by atoms with Crippen LogP contribution in [-0.2, 0) is 9.84 Å². The predicted molar refractivity (Wildman–Crippen MR) is 109 cm³/mol. The average Bonchev–Trinajstić information content (AvgIpc) is 3.33. The Morgan fingerprint density at radius 1 is 1.15 bits per heavy atom. The van der Waals surface area contributed by atoms with E-state index in [4.69, 9.17) is 9.97 Å². The molecule has 27 heavy (non-hydrogen) atoms. The summed E-state index contributed by atoms with van der Waals surface area (Å²) in [5, 5.41) is 0. The van der Waals surface area contributed by atoms with Gasteiger partial charge in [0.2, 0.25) is 5.95 Å². The molecule has 0 radical (unpaired) electrons. The zero-order valence-electron chi connectivity index (χ0n) is 15.7. The van der Waals surface area contributed by atoms with Gasteiger partial charge in [0, 0.05) is 37.3 Å². The molecule has 0 aliphatic carbocycles. The van der Waals surface area contributed by atoms with Crippen LogP contribution in [0.25, 0.3) is 11.3 Å². The van der Waals surface area contributed by atoms with E-state index in [1.54, 1.807) is 0 Å². The molecule has 2 aromatic rings. The van der Waals surface area contributed by atoms with Crippen LogP contribution in [0.1, 0.15) is 26.2 Å². The van der Waals surface area contributed by atoms with E-state index >= 15 is 0 Å². The van der Waals surface area contributed by atoms with Gasteiger partial charge in [0.1, 0.15) is 5.82 Å². The van der Waals surface area contributed by atoms with Crippen LogP contribution in [0.5, 0.6) is 0 Å². The van der Waals surface area contributed by atoms with Crippen molar-refractivity contribution in [3.8, 4) is 11.3 Å². The molecule has 0 bridgehead atoms. The first-order chi connectivity index (χ1) is 13.1. The minimum Gasteiger partial charge on any atom is -0.353 e. The van der Waals surface area contributed by atoms with Gasteiger partial charge in [-0.05, 0) is 26.2 Å². The minimum atomic E-state index is -2.94. The third-order valence-electron chi connectivity index (χ3n) is 5.44. The summed E-state index contributed by atoms with van der Waals surface area (Å²) in [7, 11) is -2.94. The first-order valence-corrected chi connectivity index (χ1v) is 11.5. The molecule has 0 amide bonds. The molecule has 1 aromatic heterocycles. The van der Waals surface area contributed by atoms with Gasteiger partial charge < -0.3 is 9.80 Å². The van der Waals surface area contributed by atoms with Crippen molar-refractivity contribution >= 4 is 21.6 Å². The molecule has 6 nitrogen and oxygen atoms in total. The lowest BCUT2D eigenvalue weighted by Gasteiger charge is -2.29. The summed E-state index contributed by atoms with van der Waals surface area (Å²) in [5.41, 5.74) is 1.94. The molecule has 1 unspecified atom stereocenters. The van der Waals surface area contributed by atoms with E-state index in [-0.39, 0.29) is 17.5 Å². The topological polar surface area (TPSA) is 66.4 Å². The van der Waals surface area contributed by atoms with Gasteiger partial charge in [-0.15, -0.1) is 0 Å². The lowest BCUT2D eigenvalue weighted by atomic mass is 10.1. The Morgan fingerprint density at radius 2 is 1.89 bits per heavy atom. The van der Waals surface area contributed by atoms with Crippen molar-refractivity contribution in [1.82, 2.24) is 9.97 Å². The lowest BCUT2D eigenvalue weighted by molar-refractivity contribution is 0.599. The Kier molecular flexibility index (Phi) is 5.04. The van der Waals surface area contributed by atoms with Crippen molar-refractivity contribution < 1.29 is 8.42 Å². The molecule has 1 atom stereocenters. The average molecular weight is 387 g/mol. The van der Waals surface area contributed by atoms with Crippen molar-refractivity contribution in [3.63, 3.8) is 0 Å². The quantitative estimate of drug-likeness (QED) is 0.787. The van der Waals surface area contributed by atoms with E-state index in [0.29, 0.717) is 6.42 Å². The summed E-state index contributed by atoms with van der Waals surface area (Å²) in [5.74, 6) is 2.06. The first-order valence-electron chi connectivity index (χ1n) is 9.72. The van der Waals surface area contributed by atoms with Crippen molar-refractivity contribution in [2.75, 3.05) is 40.9 Å². The third kappa shape index (κ3) is 3.93. The normalized spacial score (nSPS) is 21.5. The second-order valence-electron chi connectivity index (χ2n) is 7.31. The van der Waals surface area contributed by atoms with Crippen molar-refractivity contribution in [2.45, 2.75) is 32.2 Å². The molecule has 0 N–H and O–H groups in total. The maximum absolute atomic E-state index is 12.0. The molecule has 3 heterocycles. The minimum absolute atomic E-state index is 0.00930. The van der Waals surface area contributed by atoms with E-state index in [2.05, 4.69) is 28.9 Å². The van der Waals surface area contributed by atoms with Crippen LogP contribution >= 0.6 is 0 Å². The molecular weight excluding hydrogens is 360 g/mol. The van der Waals surface area contributed by atoms with Crippen LogP contribution in [0.4, 0.5) is 11.8 Å². The molecule has 0 spiro atoms. The van der Waals surface area contributed by atoms with Gasteiger partial charge in [-0.25, -0.2) is 13.4 Å². The largest absolute Gasteiger partial charge is 0.353 e. The molecule has 2 aliphatic heterocycles. The van der Waals surface area contributed by atoms with Crippen LogP contribution in [0, 0.1) is 0 Å². The van der Waals surface area contributed by atoms with Crippen LogP contribution < -0.4 is 9.80 Å². The fourth-order valence-corrected chi connectivity index (χ4v) is 5.74. The summed E-state index contributed by atoms with van der Waals surface area (Å²) in [4.78, 5) is 14.0. The number of hydrogen-bond donors (Lipinski definition) is 0. The SMILES string of the molecule is CCN(c1cc(-c2ccccc2)nc(N2CCCC2)n1)C1CCS(=O)(=O)C1. The van der Waals surface area contributed by atoms with Gasteiger partial charge >= 0.3 is 0 Å². The second kappa shape index (κ2) is 7.46. The number of rotatable bonds is 5. The number of hydrogen-bond acceptors (Lipinski definition) is 6. The predicted octanol–water partition coefficient (Wildman–Crippen LogP) is 2.76. The van der Waals surface area contributed by atoms with E-state index in [9.17, 15) is 8.42 Å². The molecule has 2 fully saturated rings. The Bertz CT molecular complexity index is 895. The zero-order valence-corrected chi connectivity index (χ0v) is 16.5. The molecule has 0 saturated carbocycles. The number of benzene rings is 1. The molecule has 4 rings (SSSR count). The number of aromatic nitrogens is 2. The third-order valence-corrected chi connectivity index (χ3v) is 7.19. The Balaban J connectivity index is 1.75. The summed E-state index contributed by atoms with van der Waals surface area (Å²) in [6.07, 6.45) is 2.99. The van der Waals surface area contributed by atoms with Gasteiger partial charge in [0.25, 0.3) is 0 Å². The van der Waals surface area contributed by atoms with Gasteiger partial charge in [-0.1, -0.05) is 30.3 Å². The number of nitrogens with zero attached hydrogens (tertiary/aromatic N) is 4. The van der Waals surface area contributed by atoms with Crippen molar-refractivity contribution in [2.24, 2.45) is 0 Å². The fraction of sp³-hybridized carbons (Fsp3) is 0.500. The Labute approximate surface area is 161 Å². The maximum atomic E-state index is 12.0. The Morgan fingerprint density at radius 3 is 2.52 bits per heavy atom. The van der Waals surface area contributed by atoms with E-state index in [1.165, 1.54) is 0 Å². The first kappa shape index (κ1) is 18.2. The van der Waals surface area contributed by atoms with E-state index in [0.717, 1.165) is 55.5 Å². The fourth-order valence-electron chi connectivity index (χ4n) is 4.01. The van der Waals surface area contributed by atoms with Gasteiger partial charge in [0.15, 0.2) is 9.84 Å². The van der Waals surface area contributed by atoms with Gasteiger partial charge in [-0.3, -0.25) is 0 Å². The molecule has 7 heteroatoms. The maximum Gasteiger partial charge on any atom is 0.227 e. The zero-order chi connectivity index (χ0) is 18.9. The molecule has 2 saturated heterocycles. The van der Waals surface area contributed by atoms with Crippen LogP contribution in [0.2, 0.25) is 0 Å². The van der Waals surface area contributed by atoms with Crippen LogP contribution in [-0.4, -0.2) is 55.6 Å². The smallest absolute Gasteiger partial charge is 0.227 e. The van der Waals surface area contributed by atoms with Crippen molar-refractivity contribution in [3.05, 3.63) is 36.4 Å². The molecule has 1 aromatic carbocycles. The summed E-state index contributed by atoms with van der Waals surface area (Å²) in [6.45, 7) is 4.73. The highest BCUT2D eigenvalue weighted by molar-refractivity contribution is 7.91. The van der Waals surface area contributed by atoms with E-state index in [1.807, 2.05) is 24.3 Å². The monoisotopic (exact) mass is 386 g/mol. The van der Waals surface area contributed by atoms with Crippen molar-refractivity contribution in [1.29, 1.82) is 0 Å².